The summed E-state index contributed by atoms with van der Waals surface area (Å²) in [5.74, 6) is -0.645. The third-order valence-electron chi connectivity index (χ3n) is 3.40. The van der Waals surface area contributed by atoms with E-state index in [0.717, 1.165) is 12.8 Å². The van der Waals surface area contributed by atoms with Crippen LogP contribution in [0.1, 0.15) is 30.1 Å². The van der Waals surface area contributed by atoms with E-state index >= 15 is 0 Å². The molecule has 5 nitrogen and oxygen atoms in total. The van der Waals surface area contributed by atoms with Gasteiger partial charge in [0.15, 0.2) is 0 Å². The molecule has 1 saturated heterocycles. The van der Waals surface area contributed by atoms with Crippen LogP contribution in [0.3, 0.4) is 0 Å². The predicted molar refractivity (Wildman–Crippen MR) is 77.4 cm³/mol. The number of hydrogen-bond donors (Lipinski definition) is 2. The Labute approximate surface area is 122 Å². The molecule has 1 fully saturated rings. The van der Waals surface area contributed by atoms with Gasteiger partial charge in [-0.1, -0.05) is 18.5 Å². The molecule has 0 spiro atoms. The average Bonchev–Trinajstić information content (AvgIpc) is 2.40. The van der Waals surface area contributed by atoms with Gasteiger partial charge in [0.25, 0.3) is 0 Å². The van der Waals surface area contributed by atoms with Crippen molar-refractivity contribution in [2.45, 2.75) is 19.8 Å². The number of rotatable bonds is 2. The van der Waals surface area contributed by atoms with E-state index in [4.69, 9.17) is 16.7 Å². The molecule has 0 radical (unpaired) electrons. The number of nitrogens with zero attached hydrogens (tertiary/aromatic N) is 1. The molecular weight excluding hydrogens is 280 g/mol. The first-order valence-corrected chi connectivity index (χ1v) is 6.94. The van der Waals surface area contributed by atoms with Crippen molar-refractivity contribution in [3.63, 3.8) is 0 Å². The van der Waals surface area contributed by atoms with Crippen LogP contribution in [0.25, 0.3) is 0 Å². The molecule has 20 heavy (non-hydrogen) atoms. The monoisotopic (exact) mass is 296 g/mol. The molecule has 2 rings (SSSR count). The second-order valence-electron chi connectivity index (χ2n) is 5.12. The summed E-state index contributed by atoms with van der Waals surface area (Å²) in [7, 11) is 0. The Morgan fingerprint density at radius 3 is 2.85 bits per heavy atom. The highest BCUT2D eigenvalue weighted by Crippen LogP contribution is 2.22. The molecule has 2 N–H and O–H groups in total. The van der Waals surface area contributed by atoms with E-state index in [1.807, 2.05) is 0 Å². The average molecular weight is 297 g/mol. The number of carboxylic acid groups (broad SMARTS) is 1. The first-order chi connectivity index (χ1) is 9.47. The van der Waals surface area contributed by atoms with Crippen LogP contribution in [-0.4, -0.2) is 35.1 Å². The van der Waals surface area contributed by atoms with E-state index in [-0.39, 0.29) is 17.3 Å². The summed E-state index contributed by atoms with van der Waals surface area (Å²) < 4.78 is 0. The molecule has 0 aliphatic carbocycles. The number of urea groups is 1. The lowest BCUT2D eigenvalue weighted by Gasteiger charge is -2.31. The van der Waals surface area contributed by atoms with Gasteiger partial charge in [-0.05, 0) is 37.0 Å². The van der Waals surface area contributed by atoms with Gasteiger partial charge in [-0.15, -0.1) is 0 Å². The number of carbonyl (C=O) groups excluding carboxylic acids is 1. The fourth-order valence-corrected chi connectivity index (χ4v) is 2.54. The first-order valence-electron chi connectivity index (χ1n) is 6.56. The normalized spacial score (nSPS) is 18.7. The molecule has 1 aliphatic rings. The Kier molecular flexibility index (Phi) is 4.49. The lowest BCUT2D eigenvalue weighted by atomic mass is 10.0. The van der Waals surface area contributed by atoms with Crippen molar-refractivity contribution < 1.29 is 14.7 Å². The minimum atomic E-state index is -1.12. The second-order valence-corrected chi connectivity index (χ2v) is 5.56. The molecule has 0 saturated carbocycles. The van der Waals surface area contributed by atoms with Crippen molar-refractivity contribution in [3.05, 3.63) is 28.8 Å². The molecular formula is C14H17ClN2O3. The lowest BCUT2D eigenvalue weighted by molar-refractivity contribution is 0.0698. The smallest absolute Gasteiger partial charge is 0.337 e. The number of carboxylic acids is 1. The zero-order chi connectivity index (χ0) is 14.7. The zero-order valence-electron chi connectivity index (χ0n) is 11.2. The number of benzene rings is 1. The number of piperidine rings is 1. The lowest BCUT2D eigenvalue weighted by Crippen LogP contribution is -2.41. The van der Waals surface area contributed by atoms with Crippen LogP contribution in [-0.2, 0) is 0 Å². The Bertz CT molecular complexity index is 533. The minimum absolute atomic E-state index is 0.00379. The van der Waals surface area contributed by atoms with Gasteiger partial charge >= 0.3 is 12.0 Å². The number of nitrogens with one attached hydrogen (secondary N) is 1. The molecule has 108 valence electrons. The number of hydrogen-bond acceptors (Lipinski definition) is 2. The first kappa shape index (κ1) is 14.7. The number of amides is 2. The van der Waals surface area contributed by atoms with Crippen LogP contribution in [0.4, 0.5) is 10.5 Å². The molecule has 1 aromatic rings. The van der Waals surface area contributed by atoms with E-state index in [1.165, 1.54) is 12.1 Å². The van der Waals surface area contributed by atoms with Crippen molar-refractivity contribution in [2.24, 2.45) is 5.92 Å². The molecule has 1 heterocycles. The number of halogens is 1. The van der Waals surface area contributed by atoms with Crippen molar-refractivity contribution in [1.29, 1.82) is 0 Å². The van der Waals surface area contributed by atoms with Crippen molar-refractivity contribution in [3.8, 4) is 0 Å². The highest BCUT2D eigenvalue weighted by atomic mass is 35.5. The van der Waals surface area contributed by atoms with Gasteiger partial charge in [0.2, 0.25) is 0 Å². The van der Waals surface area contributed by atoms with E-state index in [9.17, 15) is 9.59 Å². The number of aromatic carboxylic acids is 1. The zero-order valence-corrected chi connectivity index (χ0v) is 12.0. The SMILES string of the molecule is CC1CCCN(C(=O)Nc2ccc(Cl)cc2C(=O)O)C1. The Balaban J connectivity index is 2.13. The standard InChI is InChI=1S/C14H17ClN2O3/c1-9-3-2-6-17(8-9)14(20)16-12-5-4-10(15)7-11(12)13(18)19/h4-5,7,9H,2-3,6,8H2,1H3,(H,16,20)(H,18,19). The van der Waals surface area contributed by atoms with Crippen LogP contribution in [0, 0.1) is 5.92 Å². The molecule has 1 aliphatic heterocycles. The van der Waals surface area contributed by atoms with Gasteiger partial charge in [0, 0.05) is 18.1 Å². The third-order valence-corrected chi connectivity index (χ3v) is 3.63. The highest BCUT2D eigenvalue weighted by Gasteiger charge is 2.22. The van der Waals surface area contributed by atoms with Crippen LogP contribution < -0.4 is 5.32 Å². The maximum Gasteiger partial charge on any atom is 0.337 e. The molecule has 1 aromatic carbocycles. The molecule has 0 aromatic heterocycles. The number of carbonyl (C=O) groups is 2. The summed E-state index contributed by atoms with van der Waals surface area (Å²) in [6.07, 6.45) is 2.09. The Hall–Kier alpha value is -1.75. The molecule has 2 amide bonds. The summed E-state index contributed by atoms with van der Waals surface area (Å²) in [6.45, 7) is 3.50. The maximum atomic E-state index is 12.2. The van der Waals surface area contributed by atoms with Gasteiger partial charge in [-0.2, -0.15) is 0 Å². The Morgan fingerprint density at radius 1 is 1.45 bits per heavy atom. The van der Waals surface area contributed by atoms with E-state index < -0.39 is 5.97 Å². The summed E-state index contributed by atoms with van der Waals surface area (Å²) >= 11 is 5.78. The fraction of sp³-hybridized carbons (Fsp3) is 0.429. The van der Waals surface area contributed by atoms with E-state index in [2.05, 4.69) is 12.2 Å². The fourth-order valence-electron chi connectivity index (χ4n) is 2.37. The number of anilines is 1. The third kappa shape index (κ3) is 3.42. The van der Waals surface area contributed by atoms with Crippen molar-refractivity contribution >= 4 is 29.3 Å². The molecule has 0 bridgehead atoms. The number of likely N-dealkylation sites (tertiary alicyclic amines) is 1. The van der Waals surface area contributed by atoms with E-state index in [1.54, 1.807) is 11.0 Å². The van der Waals surface area contributed by atoms with Crippen LogP contribution in [0.5, 0.6) is 0 Å². The summed E-state index contributed by atoms with van der Waals surface area (Å²) in [4.78, 5) is 25.0. The summed E-state index contributed by atoms with van der Waals surface area (Å²) in [5.41, 5.74) is 0.265. The van der Waals surface area contributed by atoms with Gasteiger partial charge in [0.1, 0.15) is 0 Å². The van der Waals surface area contributed by atoms with E-state index in [0.29, 0.717) is 24.0 Å². The van der Waals surface area contributed by atoms with Crippen molar-refractivity contribution in [1.82, 2.24) is 4.90 Å². The maximum absolute atomic E-state index is 12.2. The highest BCUT2D eigenvalue weighted by molar-refractivity contribution is 6.31. The van der Waals surface area contributed by atoms with Gasteiger partial charge in [-0.25, -0.2) is 9.59 Å². The summed E-state index contributed by atoms with van der Waals surface area (Å²) in [5, 5.41) is 12.1. The molecule has 1 atom stereocenters. The largest absolute Gasteiger partial charge is 0.478 e. The predicted octanol–water partition coefficient (Wildman–Crippen LogP) is 3.30. The quantitative estimate of drug-likeness (QED) is 0.879. The van der Waals surface area contributed by atoms with Gasteiger partial charge in [-0.3, -0.25) is 0 Å². The van der Waals surface area contributed by atoms with Crippen molar-refractivity contribution in [2.75, 3.05) is 18.4 Å². The minimum Gasteiger partial charge on any atom is -0.478 e. The Morgan fingerprint density at radius 2 is 2.20 bits per heavy atom. The van der Waals surface area contributed by atoms with Crippen LogP contribution in [0.2, 0.25) is 5.02 Å². The van der Waals surface area contributed by atoms with Crippen LogP contribution in [0.15, 0.2) is 18.2 Å². The van der Waals surface area contributed by atoms with Gasteiger partial charge < -0.3 is 15.3 Å². The van der Waals surface area contributed by atoms with Gasteiger partial charge in [0.05, 0.1) is 11.3 Å². The molecule has 1 unspecified atom stereocenters. The topological polar surface area (TPSA) is 69.6 Å². The molecule has 6 heteroatoms. The second kappa shape index (κ2) is 6.13. The van der Waals surface area contributed by atoms with Crippen LogP contribution >= 0.6 is 11.6 Å². The summed E-state index contributed by atoms with van der Waals surface area (Å²) in [6, 6.07) is 4.14.